The summed E-state index contributed by atoms with van der Waals surface area (Å²) in [5.74, 6) is -2.08. The Hall–Kier alpha value is -3.46. The van der Waals surface area contributed by atoms with Crippen molar-refractivity contribution in [2.24, 2.45) is 10.8 Å². The van der Waals surface area contributed by atoms with Crippen molar-refractivity contribution >= 4 is 46.4 Å². The number of rotatable bonds is 5. The molecule has 0 aliphatic carbocycles. The summed E-state index contributed by atoms with van der Waals surface area (Å²) in [5.41, 5.74) is 6.45. The maximum Gasteiger partial charge on any atom is 0.271 e. The number of carbonyl (C=O) groups excluding carboxylic acids is 3. The second kappa shape index (κ2) is 8.27. The molecule has 4 N–H and O–H groups in total. The molecule has 3 amide bonds. The van der Waals surface area contributed by atoms with Gasteiger partial charge in [0.1, 0.15) is 17.6 Å². The minimum atomic E-state index is -0.882. The largest absolute Gasteiger partial charge is 0.368 e. The van der Waals surface area contributed by atoms with E-state index < -0.39 is 29.6 Å². The molecule has 1 heterocycles. The van der Waals surface area contributed by atoms with Crippen LogP contribution in [0.25, 0.3) is 0 Å². The number of nitrogens with two attached hydrogens (primary N) is 1. The zero-order valence-electron chi connectivity index (χ0n) is 15.3. The molecule has 0 bridgehead atoms. The predicted molar refractivity (Wildman–Crippen MR) is 107 cm³/mol. The molecule has 0 spiro atoms. The molecule has 150 valence electrons. The third-order valence-electron chi connectivity index (χ3n) is 4.29. The molecule has 3 rings (SSSR count). The lowest BCUT2D eigenvalue weighted by Gasteiger charge is -2.20. The van der Waals surface area contributed by atoms with Gasteiger partial charge in [-0.15, -0.1) is 0 Å². The fourth-order valence-electron chi connectivity index (χ4n) is 2.82. The molecule has 8 nitrogen and oxygen atoms in total. The molecule has 0 saturated heterocycles. The highest BCUT2D eigenvalue weighted by Crippen LogP contribution is 2.26. The van der Waals surface area contributed by atoms with E-state index in [0.717, 1.165) is 0 Å². The zero-order valence-corrected chi connectivity index (χ0v) is 16.0. The van der Waals surface area contributed by atoms with Crippen molar-refractivity contribution in [1.29, 1.82) is 0 Å². The fourth-order valence-corrected chi connectivity index (χ4v) is 3.02. The van der Waals surface area contributed by atoms with Gasteiger partial charge in [0.05, 0.1) is 16.3 Å². The lowest BCUT2D eigenvalue weighted by atomic mass is 10.1. The summed E-state index contributed by atoms with van der Waals surface area (Å²) in [5, 5.41) is 10.8. The Balaban J connectivity index is 1.83. The maximum absolute atomic E-state index is 13.2. The van der Waals surface area contributed by atoms with Crippen LogP contribution in [0.3, 0.4) is 0 Å². The SMILES string of the molecule is CNC(=O)c1cc(NC(=O)C2=NN(c3ccc(F)cc3)C(C(N)=O)C2)ccc1Cl. The molecular weight excluding hydrogens is 401 g/mol. The molecule has 2 aromatic rings. The number of hydrazone groups is 1. The van der Waals surface area contributed by atoms with Crippen LogP contribution in [-0.4, -0.2) is 36.5 Å². The molecule has 0 saturated carbocycles. The molecule has 0 aromatic heterocycles. The van der Waals surface area contributed by atoms with E-state index in [2.05, 4.69) is 15.7 Å². The second-order valence-electron chi connectivity index (χ2n) is 6.22. The summed E-state index contributed by atoms with van der Waals surface area (Å²) in [6, 6.07) is 8.87. The first-order valence-corrected chi connectivity index (χ1v) is 8.92. The van der Waals surface area contributed by atoms with Crippen LogP contribution >= 0.6 is 11.6 Å². The van der Waals surface area contributed by atoms with Crippen LogP contribution in [0.2, 0.25) is 5.02 Å². The Morgan fingerprint density at radius 2 is 1.86 bits per heavy atom. The normalized spacial score (nSPS) is 15.6. The van der Waals surface area contributed by atoms with Gasteiger partial charge >= 0.3 is 0 Å². The molecule has 0 fully saturated rings. The van der Waals surface area contributed by atoms with E-state index >= 15 is 0 Å². The van der Waals surface area contributed by atoms with Crippen molar-refractivity contribution in [2.45, 2.75) is 12.5 Å². The summed E-state index contributed by atoms with van der Waals surface area (Å²) < 4.78 is 13.2. The van der Waals surface area contributed by atoms with Crippen molar-refractivity contribution < 1.29 is 18.8 Å². The van der Waals surface area contributed by atoms with Gasteiger partial charge in [-0.05, 0) is 42.5 Å². The third-order valence-corrected chi connectivity index (χ3v) is 4.62. The molecule has 10 heteroatoms. The average molecular weight is 418 g/mol. The second-order valence-corrected chi connectivity index (χ2v) is 6.63. The van der Waals surface area contributed by atoms with Crippen LogP contribution in [0, 0.1) is 5.82 Å². The minimum Gasteiger partial charge on any atom is -0.368 e. The molecule has 0 radical (unpaired) electrons. The van der Waals surface area contributed by atoms with E-state index in [1.807, 2.05) is 0 Å². The zero-order chi connectivity index (χ0) is 21.1. The average Bonchev–Trinajstić information content (AvgIpc) is 3.15. The molecule has 1 unspecified atom stereocenters. The predicted octanol–water partition coefficient (Wildman–Crippen LogP) is 1.90. The monoisotopic (exact) mass is 417 g/mol. The van der Waals surface area contributed by atoms with Gasteiger partial charge in [0.15, 0.2) is 0 Å². The number of amides is 3. The summed E-state index contributed by atoms with van der Waals surface area (Å²) in [6.07, 6.45) is -0.0194. The highest BCUT2D eigenvalue weighted by Gasteiger charge is 2.35. The molecule has 29 heavy (non-hydrogen) atoms. The first-order chi connectivity index (χ1) is 13.8. The van der Waals surface area contributed by atoms with Crippen LogP contribution in [0.15, 0.2) is 47.6 Å². The third kappa shape index (κ3) is 4.35. The van der Waals surface area contributed by atoms with E-state index in [-0.39, 0.29) is 22.7 Å². The van der Waals surface area contributed by atoms with Crippen molar-refractivity contribution in [3.05, 3.63) is 58.9 Å². The number of hydrogen-bond donors (Lipinski definition) is 3. The topological polar surface area (TPSA) is 117 Å². The van der Waals surface area contributed by atoms with Crippen molar-refractivity contribution in [1.82, 2.24) is 5.32 Å². The van der Waals surface area contributed by atoms with Crippen molar-refractivity contribution in [3.8, 4) is 0 Å². The Kier molecular flexibility index (Phi) is 5.79. The van der Waals surface area contributed by atoms with E-state index in [1.54, 1.807) is 0 Å². The first-order valence-electron chi connectivity index (χ1n) is 8.54. The number of benzene rings is 2. The van der Waals surface area contributed by atoms with Gasteiger partial charge in [-0.2, -0.15) is 5.10 Å². The van der Waals surface area contributed by atoms with Crippen LogP contribution in [-0.2, 0) is 9.59 Å². The number of hydrogen-bond acceptors (Lipinski definition) is 5. The maximum atomic E-state index is 13.2. The van der Waals surface area contributed by atoms with Crippen molar-refractivity contribution in [2.75, 3.05) is 17.4 Å². The van der Waals surface area contributed by atoms with Gasteiger partial charge in [0, 0.05) is 19.2 Å². The van der Waals surface area contributed by atoms with Gasteiger partial charge in [-0.25, -0.2) is 4.39 Å². The summed E-state index contributed by atoms with van der Waals surface area (Å²) in [6.45, 7) is 0. The standard InChI is InChI=1S/C19H17ClFN5O3/c1-23-18(28)13-8-11(4-7-14(13)20)24-19(29)15-9-16(17(22)27)26(25-15)12-5-2-10(21)3-6-12/h2-8,16H,9H2,1H3,(H2,22,27)(H,23,28)(H,24,29). The van der Waals surface area contributed by atoms with E-state index in [9.17, 15) is 18.8 Å². The van der Waals surface area contributed by atoms with Crippen LogP contribution < -0.4 is 21.4 Å². The minimum absolute atomic E-state index is 0.0194. The molecular formula is C19H17ClFN5O3. The Labute approximate surface area is 170 Å². The van der Waals surface area contributed by atoms with Gasteiger partial charge in [-0.1, -0.05) is 11.6 Å². The smallest absolute Gasteiger partial charge is 0.271 e. The summed E-state index contributed by atoms with van der Waals surface area (Å²) in [4.78, 5) is 36.3. The molecule has 1 aliphatic heterocycles. The first kappa shape index (κ1) is 20.3. The highest BCUT2D eigenvalue weighted by molar-refractivity contribution is 6.44. The van der Waals surface area contributed by atoms with E-state index in [0.29, 0.717) is 11.4 Å². The van der Waals surface area contributed by atoms with Gasteiger partial charge in [0.25, 0.3) is 11.8 Å². The highest BCUT2D eigenvalue weighted by atomic mass is 35.5. The van der Waals surface area contributed by atoms with Gasteiger partial charge in [0.2, 0.25) is 5.91 Å². The van der Waals surface area contributed by atoms with Crippen LogP contribution in [0.1, 0.15) is 16.8 Å². The van der Waals surface area contributed by atoms with E-state index in [1.165, 1.54) is 54.5 Å². The van der Waals surface area contributed by atoms with Crippen molar-refractivity contribution in [3.63, 3.8) is 0 Å². The quantitative estimate of drug-likeness (QED) is 0.688. The summed E-state index contributed by atoms with van der Waals surface area (Å²) >= 11 is 6.00. The Morgan fingerprint density at radius 3 is 2.48 bits per heavy atom. The number of anilines is 2. The Morgan fingerprint density at radius 1 is 1.17 bits per heavy atom. The number of primary amides is 1. The molecule has 1 atom stereocenters. The van der Waals surface area contributed by atoms with E-state index in [4.69, 9.17) is 17.3 Å². The van der Waals surface area contributed by atoms with Crippen LogP contribution in [0.4, 0.5) is 15.8 Å². The number of nitrogens with zero attached hydrogens (tertiary/aromatic N) is 2. The van der Waals surface area contributed by atoms with Gasteiger partial charge in [-0.3, -0.25) is 19.4 Å². The number of carbonyl (C=O) groups is 3. The summed E-state index contributed by atoms with van der Waals surface area (Å²) in [7, 11) is 1.46. The number of nitrogens with one attached hydrogen (secondary N) is 2. The fraction of sp³-hybridized carbons (Fsp3) is 0.158. The van der Waals surface area contributed by atoms with Gasteiger partial charge < -0.3 is 16.4 Å². The molecule has 2 aromatic carbocycles. The lowest BCUT2D eigenvalue weighted by Crippen LogP contribution is -2.39. The number of halogens is 2. The lowest BCUT2D eigenvalue weighted by molar-refractivity contribution is -0.119. The molecule has 1 aliphatic rings. The van der Waals surface area contributed by atoms with Crippen LogP contribution in [0.5, 0.6) is 0 Å². The Bertz CT molecular complexity index is 1010.